The van der Waals surface area contributed by atoms with E-state index in [1.54, 1.807) is 0 Å². The first-order valence-corrected chi connectivity index (χ1v) is 22.6. The van der Waals surface area contributed by atoms with E-state index in [1.165, 1.54) is 110 Å². The van der Waals surface area contributed by atoms with Crippen LogP contribution in [0.3, 0.4) is 0 Å². The number of benzene rings is 10. The van der Waals surface area contributed by atoms with Crippen molar-refractivity contribution >= 4 is 43.6 Å². The molecule has 0 fully saturated rings. The van der Waals surface area contributed by atoms with Gasteiger partial charge in [0.15, 0.2) is 0 Å². The van der Waals surface area contributed by atoms with Gasteiger partial charge in [0.25, 0.3) is 0 Å². The van der Waals surface area contributed by atoms with Crippen LogP contribution in [0.25, 0.3) is 111 Å². The minimum absolute atomic E-state index is 1.13. The summed E-state index contributed by atoms with van der Waals surface area (Å²) >= 11 is 0. The molecule has 65 heavy (non-hydrogen) atoms. The molecule has 2 aromatic heterocycles. The molecule has 308 valence electrons. The highest BCUT2D eigenvalue weighted by Gasteiger charge is 2.23. The van der Waals surface area contributed by atoms with Crippen LogP contribution in [-0.2, 0) is 0 Å². The van der Waals surface area contributed by atoms with Crippen molar-refractivity contribution in [2.24, 2.45) is 0 Å². The number of rotatable bonds is 7. The third-order valence-electron chi connectivity index (χ3n) is 13.4. The topological polar surface area (TPSA) is 9.86 Å². The van der Waals surface area contributed by atoms with Crippen LogP contribution in [0.15, 0.2) is 224 Å². The van der Waals surface area contributed by atoms with Crippen molar-refractivity contribution < 1.29 is 0 Å². The SMILES string of the molecule is Cc1cc(C)c(-c2ccc3c(c2)c2ccc(-n4c5ccccc5c5ccccc54)cc2n3-c2c(-c3ccc(-c4ccccc4)cc3)cccc2-c2ccc(-c3ccccc3)cc2)c(C)c1. The largest absolute Gasteiger partial charge is 0.309 e. The number of para-hydroxylation sites is 3. The molecule has 2 heterocycles. The van der Waals surface area contributed by atoms with Crippen LogP contribution in [0.5, 0.6) is 0 Å². The molecule has 0 saturated carbocycles. The van der Waals surface area contributed by atoms with Gasteiger partial charge in [-0.1, -0.05) is 194 Å². The highest BCUT2D eigenvalue weighted by atomic mass is 15.0. The molecule has 12 aromatic rings. The predicted molar refractivity (Wildman–Crippen MR) is 277 cm³/mol. The van der Waals surface area contributed by atoms with Gasteiger partial charge >= 0.3 is 0 Å². The van der Waals surface area contributed by atoms with E-state index in [1.807, 2.05) is 0 Å². The average Bonchev–Trinajstić information content (AvgIpc) is 3.86. The molecule has 0 aliphatic carbocycles. The van der Waals surface area contributed by atoms with Crippen LogP contribution < -0.4 is 0 Å². The Kier molecular flexibility index (Phi) is 9.21. The Bertz CT molecular complexity index is 3580. The molecule has 2 heteroatoms. The highest BCUT2D eigenvalue weighted by molar-refractivity contribution is 6.14. The summed E-state index contributed by atoms with van der Waals surface area (Å²) in [6.07, 6.45) is 0. The second-order valence-corrected chi connectivity index (χ2v) is 17.5. The molecule has 0 aliphatic heterocycles. The van der Waals surface area contributed by atoms with Crippen molar-refractivity contribution in [2.45, 2.75) is 20.8 Å². The lowest BCUT2D eigenvalue weighted by Gasteiger charge is -2.20. The van der Waals surface area contributed by atoms with E-state index >= 15 is 0 Å². The Hall–Kier alpha value is -8.20. The number of hydrogen-bond donors (Lipinski definition) is 0. The molecule has 0 amide bonds. The summed E-state index contributed by atoms with van der Waals surface area (Å²) in [4.78, 5) is 0. The lowest BCUT2D eigenvalue weighted by molar-refractivity contribution is 1.16. The molecule has 0 spiro atoms. The van der Waals surface area contributed by atoms with E-state index in [0.29, 0.717) is 0 Å². The van der Waals surface area contributed by atoms with Crippen molar-refractivity contribution in [1.82, 2.24) is 9.13 Å². The maximum absolute atomic E-state index is 2.56. The highest BCUT2D eigenvalue weighted by Crippen LogP contribution is 2.44. The first-order valence-electron chi connectivity index (χ1n) is 22.6. The van der Waals surface area contributed by atoms with E-state index in [9.17, 15) is 0 Å². The van der Waals surface area contributed by atoms with Gasteiger partial charge < -0.3 is 9.13 Å². The molecule has 0 N–H and O–H groups in total. The molecule has 0 atom stereocenters. The molecule has 0 aliphatic rings. The van der Waals surface area contributed by atoms with Crippen LogP contribution in [-0.4, -0.2) is 9.13 Å². The zero-order chi connectivity index (χ0) is 43.6. The van der Waals surface area contributed by atoms with Crippen molar-refractivity contribution in [3.8, 4) is 67.0 Å². The summed E-state index contributed by atoms with van der Waals surface area (Å²) in [6.45, 7) is 6.68. The lowest BCUT2D eigenvalue weighted by atomic mass is 9.92. The smallest absolute Gasteiger partial charge is 0.0618 e. The molecular formula is C63H46N2. The Morgan fingerprint density at radius 3 is 1.28 bits per heavy atom. The lowest BCUT2D eigenvalue weighted by Crippen LogP contribution is -2.02. The van der Waals surface area contributed by atoms with Gasteiger partial charge in [-0.05, 0) is 113 Å². The molecule has 2 nitrogen and oxygen atoms in total. The number of fused-ring (bicyclic) bond motifs is 6. The van der Waals surface area contributed by atoms with Crippen molar-refractivity contribution in [1.29, 1.82) is 0 Å². The number of aryl methyl sites for hydroxylation is 3. The van der Waals surface area contributed by atoms with Gasteiger partial charge in [0, 0.05) is 38.4 Å². The predicted octanol–water partition coefficient (Wildman–Crippen LogP) is 17.1. The van der Waals surface area contributed by atoms with Crippen LogP contribution >= 0.6 is 0 Å². The maximum atomic E-state index is 2.56. The fraction of sp³-hybridized carbons (Fsp3) is 0.0476. The van der Waals surface area contributed by atoms with Crippen LogP contribution in [0.2, 0.25) is 0 Å². The molecule has 0 bridgehead atoms. The van der Waals surface area contributed by atoms with E-state index in [4.69, 9.17) is 0 Å². The van der Waals surface area contributed by atoms with Crippen molar-refractivity contribution in [3.05, 3.63) is 241 Å². The molecule has 0 unspecified atom stereocenters. The fourth-order valence-electron chi connectivity index (χ4n) is 10.6. The molecule has 10 aromatic carbocycles. The second-order valence-electron chi connectivity index (χ2n) is 17.5. The molecule has 0 radical (unpaired) electrons. The van der Waals surface area contributed by atoms with Gasteiger partial charge in [-0.25, -0.2) is 0 Å². The van der Waals surface area contributed by atoms with Crippen LogP contribution in [0, 0.1) is 20.8 Å². The minimum Gasteiger partial charge on any atom is -0.309 e. The number of hydrogen-bond acceptors (Lipinski definition) is 0. The summed E-state index contributed by atoms with van der Waals surface area (Å²) in [5.41, 5.74) is 22.9. The van der Waals surface area contributed by atoms with Crippen molar-refractivity contribution in [2.75, 3.05) is 0 Å². The summed E-state index contributed by atoms with van der Waals surface area (Å²) in [7, 11) is 0. The third-order valence-corrected chi connectivity index (χ3v) is 13.4. The van der Waals surface area contributed by atoms with Crippen LogP contribution in [0.4, 0.5) is 0 Å². The molecule has 0 saturated heterocycles. The van der Waals surface area contributed by atoms with E-state index in [0.717, 1.165) is 16.9 Å². The average molecular weight is 831 g/mol. The van der Waals surface area contributed by atoms with E-state index in [2.05, 4.69) is 254 Å². The Labute approximate surface area is 379 Å². The van der Waals surface area contributed by atoms with Gasteiger partial charge in [0.05, 0.1) is 27.8 Å². The third kappa shape index (κ3) is 6.49. The molecular weight excluding hydrogens is 785 g/mol. The van der Waals surface area contributed by atoms with E-state index < -0.39 is 0 Å². The fourth-order valence-corrected chi connectivity index (χ4v) is 10.6. The number of nitrogens with zero attached hydrogens (tertiary/aromatic N) is 2. The van der Waals surface area contributed by atoms with Gasteiger partial charge in [-0.3, -0.25) is 0 Å². The summed E-state index contributed by atoms with van der Waals surface area (Å²) in [6, 6.07) is 82.8. The Morgan fingerprint density at radius 2 is 0.723 bits per heavy atom. The first kappa shape index (κ1) is 38.5. The summed E-state index contributed by atoms with van der Waals surface area (Å²) in [5.74, 6) is 0. The Morgan fingerprint density at radius 1 is 0.277 bits per heavy atom. The van der Waals surface area contributed by atoms with Crippen LogP contribution in [0.1, 0.15) is 16.7 Å². The Balaban J connectivity index is 1.16. The number of aromatic nitrogens is 2. The summed E-state index contributed by atoms with van der Waals surface area (Å²) < 4.78 is 5.00. The zero-order valence-electron chi connectivity index (χ0n) is 36.8. The van der Waals surface area contributed by atoms with Gasteiger partial charge in [-0.15, -0.1) is 0 Å². The minimum atomic E-state index is 1.13. The monoisotopic (exact) mass is 830 g/mol. The maximum Gasteiger partial charge on any atom is 0.0618 e. The van der Waals surface area contributed by atoms with Gasteiger partial charge in [0.1, 0.15) is 0 Å². The van der Waals surface area contributed by atoms with Gasteiger partial charge in [0.2, 0.25) is 0 Å². The normalized spacial score (nSPS) is 11.6. The summed E-state index contributed by atoms with van der Waals surface area (Å²) in [5, 5.41) is 4.95. The van der Waals surface area contributed by atoms with Gasteiger partial charge in [-0.2, -0.15) is 0 Å². The van der Waals surface area contributed by atoms with Crippen molar-refractivity contribution in [3.63, 3.8) is 0 Å². The first-order chi connectivity index (χ1) is 32.0. The van der Waals surface area contributed by atoms with E-state index in [-0.39, 0.29) is 0 Å². The molecule has 12 rings (SSSR count). The second kappa shape index (κ2) is 15.6. The quantitative estimate of drug-likeness (QED) is 0.151. The zero-order valence-corrected chi connectivity index (χ0v) is 36.8. The standard InChI is InChI=1S/C63H46N2/c1-41-37-42(2)62(43(3)38-41)50-33-36-60-57(39-50)56-35-34-51(64-58-23-12-10-19-54(58)55-20-11-13-24-59(55)64)40-61(56)65(60)63-52(48-29-25-46(26-30-48)44-15-6-4-7-16-44)21-14-22-53(63)49-31-27-47(28-32-49)45-17-8-5-9-18-45/h4-40H,1-3H3.